The van der Waals surface area contributed by atoms with Crippen LogP contribution in [-0.4, -0.2) is 47.9 Å². The molecule has 98 valence electrons. The molecule has 0 N–H and O–H groups in total. The van der Waals surface area contributed by atoms with Crippen LogP contribution < -0.4 is 0 Å². The van der Waals surface area contributed by atoms with Gasteiger partial charge in [-0.1, -0.05) is 13.3 Å². The van der Waals surface area contributed by atoms with E-state index in [-0.39, 0.29) is 0 Å². The summed E-state index contributed by atoms with van der Waals surface area (Å²) in [4.78, 5) is 16.7. The smallest absolute Gasteiger partial charge is 0.236 e. The molecule has 0 aromatic rings. The predicted octanol–water partition coefficient (Wildman–Crippen LogP) is 2.26. The van der Waals surface area contributed by atoms with E-state index in [1.807, 2.05) is 0 Å². The molecular weight excluding hydrogens is 212 g/mol. The van der Waals surface area contributed by atoms with Crippen molar-refractivity contribution < 1.29 is 4.79 Å². The van der Waals surface area contributed by atoms with Crippen molar-refractivity contribution in [2.24, 2.45) is 0 Å². The first kappa shape index (κ1) is 12.9. The molecule has 0 radical (unpaired) electrons. The molecule has 0 aliphatic carbocycles. The SMILES string of the molecule is CC[C@@H]1CCCCN1CC(=O)N1CCCCC1. The Kier molecular flexibility index (Phi) is 4.84. The van der Waals surface area contributed by atoms with E-state index in [4.69, 9.17) is 0 Å². The molecule has 17 heavy (non-hydrogen) atoms. The second-order valence-electron chi connectivity index (χ2n) is 5.47. The van der Waals surface area contributed by atoms with Crippen LogP contribution in [0.2, 0.25) is 0 Å². The summed E-state index contributed by atoms with van der Waals surface area (Å²) in [5, 5.41) is 0. The lowest BCUT2D eigenvalue weighted by Crippen LogP contribution is -2.47. The number of likely N-dealkylation sites (tertiary alicyclic amines) is 2. The molecule has 0 unspecified atom stereocenters. The highest BCUT2D eigenvalue weighted by atomic mass is 16.2. The first-order valence-electron chi connectivity index (χ1n) is 7.33. The Labute approximate surface area is 105 Å². The number of rotatable bonds is 3. The van der Waals surface area contributed by atoms with Crippen LogP contribution >= 0.6 is 0 Å². The predicted molar refractivity (Wildman–Crippen MR) is 69.9 cm³/mol. The fraction of sp³-hybridized carbons (Fsp3) is 0.929. The van der Waals surface area contributed by atoms with Crippen LogP contribution in [-0.2, 0) is 4.79 Å². The quantitative estimate of drug-likeness (QED) is 0.753. The van der Waals surface area contributed by atoms with Crippen molar-refractivity contribution in [2.75, 3.05) is 26.2 Å². The minimum atomic E-state index is 0.366. The van der Waals surface area contributed by atoms with E-state index in [1.165, 1.54) is 44.9 Å². The van der Waals surface area contributed by atoms with Crippen molar-refractivity contribution >= 4 is 5.91 Å². The maximum absolute atomic E-state index is 12.2. The largest absolute Gasteiger partial charge is 0.342 e. The highest BCUT2D eigenvalue weighted by Crippen LogP contribution is 2.19. The van der Waals surface area contributed by atoms with E-state index in [1.54, 1.807) is 0 Å². The van der Waals surface area contributed by atoms with E-state index >= 15 is 0 Å². The van der Waals surface area contributed by atoms with Crippen LogP contribution in [0.3, 0.4) is 0 Å². The molecule has 0 bridgehead atoms. The molecule has 0 aromatic heterocycles. The Morgan fingerprint density at radius 3 is 2.47 bits per heavy atom. The molecular formula is C14H26N2O. The second kappa shape index (κ2) is 6.39. The molecule has 2 rings (SSSR count). The van der Waals surface area contributed by atoms with Gasteiger partial charge in [0.25, 0.3) is 0 Å². The van der Waals surface area contributed by atoms with Crippen LogP contribution in [0.25, 0.3) is 0 Å². The van der Waals surface area contributed by atoms with E-state index in [0.717, 1.165) is 19.6 Å². The monoisotopic (exact) mass is 238 g/mol. The standard InChI is InChI=1S/C14H26N2O/c1-2-13-8-4-7-11-16(13)12-14(17)15-9-5-3-6-10-15/h13H,2-12H2,1H3/t13-/m1/s1. The van der Waals surface area contributed by atoms with Crippen LogP contribution in [0.5, 0.6) is 0 Å². The molecule has 0 aromatic carbocycles. The summed E-state index contributed by atoms with van der Waals surface area (Å²) in [6.07, 6.45) is 8.77. The zero-order chi connectivity index (χ0) is 12.1. The van der Waals surface area contributed by atoms with E-state index in [2.05, 4.69) is 16.7 Å². The summed E-state index contributed by atoms with van der Waals surface area (Å²) in [5.41, 5.74) is 0. The van der Waals surface area contributed by atoms with Crippen molar-refractivity contribution in [3.63, 3.8) is 0 Å². The third kappa shape index (κ3) is 3.44. The highest BCUT2D eigenvalue weighted by Gasteiger charge is 2.25. The first-order valence-corrected chi connectivity index (χ1v) is 7.33. The number of hydrogen-bond acceptors (Lipinski definition) is 2. The fourth-order valence-electron chi connectivity index (χ4n) is 3.15. The van der Waals surface area contributed by atoms with Crippen LogP contribution in [0.15, 0.2) is 0 Å². The van der Waals surface area contributed by atoms with Crippen molar-refractivity contribution in [1.82, 2.24) is 9.80 Å². The van der Waals surface area contributed by atoms with Crippen molar-refractivity contribution in [1.29, 1.82) is 0 Å². The Hall–Kier alpha value is -0.570. The lowest BCUT2D eigenvalue weighted by atomic mass is 10.00. The molecule has 2 heterocycles. The third-order valence-electron chi connectivity index (χ3n) is 4.27. The molecule has 2 aliphatic heterocycles. The minimum absolute atomic E-state index is 0.366. The van der Waals surface area contributed by atoms with Gasteiger partial charge in [0.1, 0.15) is 0 Å². The van der Waals surface area contributed by atoms with Crippen LogP contribution in [0.1, 0.15) is 51.9 Å². The maximum atomic E-state index is 12.2. The molecule has 1 atom stereocenters. The molecule has 1 amide bonds. The molecule has 2 saturated heterocycles. The topological polar surface area (TPSA) is 23.6 Å². The van der Waals surface area contributed by atoms with Gasteiger partial charge in [-0.15, -0.1) is 0 Å². The summed E-state index contributed by atoms with van der Waals surface area (Å²) >= 11 is 0. The average Bonchev–Trinajstić information content (AvgIpc) is 2.40. The molecule has 2 aliphatic rings. The van der Waals surface area contributed by atoms with Crippen LogP contribution in [0, 0.1) is 0 Å². The Morgan fingerprint density at radius 2 is 1.76 bits per heavy atom. The lowest BCUT2D eigenvalue weighted by molar-refractivity contribution is -0.134. The highest BCUT2D eigenvalue weighted by molar-refractivity contribution is 5.78. The summed E-state index contributed by atoms with van der Waals surface area (Å²) in [6.45, 7) is 6.01. The maximum Gasteiger partial charge on any atom is 0.236 e. The van der Waals surface area contributed by atoms with Gasteiger partial charge in [0.15, 0.2) is 0 Å². The minimum Gasteiger partial charge on any atom is -0.342 e. The summed E-state index contributed by atoms with van der Waals surface area (Å²) in [5.74, 6) is 0.366. The van der Waals surface area contributed by atoms with Gasteiger partial charge < -0.3 is 4.90 Å². The summed E-state index contributed by atoms with van der Waals surface area (Å²) in [7, 11) is 0. The zero-order valence-corrected chi connectivity index (χ0v) is 11.2. The van der Waals surface area contributed by atoms with Gasteiger partial charge in [0.05, 0.1) is 6.54 Å². The first-order chi connectivity index (χ1) is 8.31. The van der Waals surface area contributed by atoms with Crippen LogP contribution in [0.4, 0.5) is 0 Å². The van der Waals surface area contributed by atoms with Gasteiger partial charge in [0.2, 0.25) is 5.91 Å². The third-order valence-corrected chi connectivity index (χ3v) is 4.27. The van der Waals surface area contributed by atoms with Gasteiger partial charge in [0, 0.05) is 19.1 Å². The Balaban J connectivity index is 1.83. The number of piperidine rings is 2. The molecule has 2 fully saturated rings. The Morgan fingerprint density at radius 1 is 1.06 bits per heavy atom. The van der Waals surface area contributed by atoms with Crippen molar-refractivity contribution in [3.8, 4) is 0 Å². The second-order valence-corrected chi connectivity index (χ2v) is 5.47. The number of carbonyl (C=O) groups is 1. The van der Waals surface area contributed by atoms with Crippen molar-refractivity contribution in [2.45, 2.75) is 57.9 Å². The van der Waals surface area contributed by atoms with Gasteiger partial charge in [-0.2, -0.15) is 0 Å². The number of nitrogens with zero attached hydrogens (tertiary/aromatic N) is 2. The number of hydrogen-bond donors (Lipinski definition) is 0. The van der Waals surface area contributed by atoms with Gasteiger partial charge in [-0.05, 0) is 45.1 Å². The average molecular weight is 238 g/mol. The summed E-state index contributed by atoms with van der Waals surface area (Å²) in [6, 6.07) is 0.650. The molecule has 3 nitrogen and oxygen atoms in total. The molecule has 3 heteroatoms. The lowest BCUT2D eigenvalue weighted by Gasteiger charge is -2.36. The Bertz CT molecular complexity index is 249. The van der Waals surface area contributed by atoms with Gasteiger partial charge in [-0.3, -0.25) is 9.69 Å². The van der Waals surface area contributed by atoms with E-state index in [9.17, 15) is 4.79 Å². The number of carbonyl (C=O) groups excluding carboxylic acids is 1. The molecule has 0 spiro atoms. The fourth-order valence-corrected chi connectivity index (χ4v) is 3.15. The van der Waals surface area contributed by atoms with Gasteiger partial charge >= 0.3 is 0 Å². The van der Waals surface area contributed by atoms with E-state index < -0.39 is 0 Å². The number of amides is 1. The van der Waals surface area contributed by atoms with E-state index in [0.29, 0.717) is 18.5 Å². The van der Waals surface area contributed by atoms with Crippen molar-refractivity contribution in [3.05, 3.63) is 0 Å². The normalized spacial score (nSPS) is 27.1. The molecule has 0 saturated carbocycles. The van der Waals surface area contributed by atoms with Gasteiger partial charge in [-0.25, -0.2) is 0 Å². The zero-order valence-electron chi connectivity index (χ0n) is 11.2. The summed E-state index contributed by atoms with van der Waals surface area (Å²) < 4.78 is 0.